The van der Waals surface area contributed by atoms with Crippen LogP contribution in [0.3, 0.4) is 0 Å². The maximum Gasteiger partial charge on any atom is 0.274 e. The van der Waals surface area contributed by atoms with Gasteiger partial charge in [-0.05, 0) is 24.8 Å². The number of carbonyl (C=O) groups excluding carboxylic acids is 1. The van der Waals surface area contributed by atoms with Crippen LogP contribution in [-0.4, -0.2) is 49.9 Å². The van der Waals surface area contributed by atoms with E-state index in [1.165, 1.54) is 12.4 Å². The summed E-state index contributed by atoms with van der Waals surface area (Å²) in [6, 6.07) is 1.89. The van der Waals surface area contributed by atoms with Crippen molar-refractivity contribution >= 4 is 5.91 Å². The predicted octanol–water partition coefficient (Wildman–Crippen LogP) is 1.26. The molecule has 0 spiro atoms. The third-order valence-corrected chi connectivity index (χ3v) is 4.56. The lowest BCUT2D eigenvalue weighted by molar-refractivity contribution is -0.00582. The van der Waals surface area contributed by atoms with Crippen molar-refractivity contribution in [1.82, 2.24) is 24.8 Å². The molecule has 0 unspecified atom stereocenters. The Bertz CT molecular complexity index is 681. The van der Waals surface area contributed by atoms with Crippen LogP contribution in [0.4, 0.5) is 0 Å². The van der Waals surface area contributed by atoms with Gasteiger partial charge in [-0.15, -0.1) is 0 Å². The molecule has 1 amide bonds. The lowest BCUT2D eigenvalue weighted by atomic mass is 9.91. The van der Waals surface area contributed by atoms with Gasteiger partial charge in [-0.25, -0.2) is 15.0 Å². The van der Waals surface area contributed by atoms with Crippen molar-refractivity contribution in [1.29, 1.82) is 0 Å². The monoisotopic (exact) mass is 311 g/mol. The number of hydrogen-bond donors (Lipinski definition) is 0. The maximum absolute atomic E-state index is 12.5. The summed E-state index contributed by atoms with van der Waals surface area (Å²) in [6.45, 7) is 1.33. The SMILES string of the molecule is O=C(c1cnccn1)N1CC[C@@H]2C[C@@H](c3ccncn3)O[C@H]2C1. The molecule has 2 aliphatic rings. The van der Waals surface area contributed by atoms with E-state index >= 15 is 0 Å². The molecule has 0 N–H and O–H groups in total. The first-order valence-electron chi connectivity index (χ1n) is 7.78. The summed E-state index contributed by atoms with van der Waals surface area (Å²) < 4.78 is 6.15. The number of carbonyl (C=O) groups is 1. The molecule has 0 saturated carbocycles. The largest absolute Gasteiger partial charge is 0.367 e. The van der Waals surface area contributed by atoms with Gasteiger partial charge in [-0.2, -0.15) is 0 Å². The lowest BCUT2D eigenvalue weighted by Gasteiger charge is -2.33. The van der Waals surface area contributed by atoms with E-state index in [9.17, 15) is 4.79 Å². The number of hydrogen-bond acceptors (Lipinski definition) is 6. The zero-order valence-electron chi connectivity index (χ0n) is 12.6. The Labute approximate surface area is 133 Å². The van der Waals surface area contributed by atoms with Crippen LogP contribution in [0.1, 0.15) is 35.1 Å². The minimum absolute atomic E-state index is 0.000399. The highest BCUT2D eigenvalue weighted by Gasteiger charge is 2.41. The van der Waals surface area contributed by atoms with Gasteiger partial charge >= 0.3 is 0 Å². The summed E-state index contributed by atoms with van der Waals surface area (Å²) in [6.07, 6.45) is 9.85. The van der Waals surface area contributed by atoms with Crippen LogP contribution in [-0.2, 0) is 4.74 Å². The number of rotatable bonds is 2. The summed E-state index contributed by atoms with van der Waals surface area (Å²) in [7, 11) is 0. The van der Waals surface area contributed by atoms with Crippen molar-refractivity contribution in [3.8, 4) is 0 Å². The van der Waals surface area contributed by atoms with E-state index in [4.69, 9.17) is 4.74 Å². The van der Waals surface area contributed by atoms with E-state index < -0.39 is 0 Å². The zero-order chi connectivity index (χ0) is 15.6. The summed E-state index contributed by atoms with van der Waals surface area (Å²) in [5, 5.41) is 0. The fourth-order valence-corrected chi connectivity index (χ4v) is 3.37. The van der Waals surface area contributed by atoms with E-state index in [2.05, 4.69) is 19.9 Å². The number of nitrogens with zero attached hydrogens (tertiary/aromatic N) is 5. The molecule has 2 aliphatic heterocycles. The van der Waals surface area contributed by atoms with Gasteiger partial charge in [0.1, 0.15) is 18.1 Å². The van der Waals surface area contributed by atoms with Crippen LogP contribution < -0.4 is 0 Å². The fourth-order valence-electron chi connectivity index (χ4n) is 3.37. The van der Waals surface area contributed by atoms with Gasteiger partial charge in [-0.1, -0.05) is 0 Å². The summed E-state index contributed by atoms with van der Waals surface area (Å²) >= 11 is 0. The Kier molecular flexibility index (Phi) is 3.70. The molecule has 0 aliphatic carbocycles. The zero-order valence-corrected chi connectivity index (χ0v) is 12.6. The first kappa shape index (κ1) is 14.2. The van der Waals surface area contributed by atoms with Crippen molar-refractivity contribution in [2.45, 2.75) is 25.0 Å². The van der Waals surface area contributed by atoms with Crippen LogP contribution in [0.25, 0.3) is 0 Å². The number of piperidine rings is 1. The van der Waals surface area contributed by atoms with E-state index in [-0.39, 0.29) is 18.1 Å². The number of aromatic nitrogens is 4. The Morgan fingerprint density at radius 1 is 1.22 bits per heavy atom. The quantitative estimate of drug-likeness (QED) is 0.830. The Morgan fingerprint density at radius 2 is 2.17 bits per heavy atom. The maximum atomic E-state index is 12.5. The molecule has 0 radical (unpaired) electrons. The van der Waals surface area contributed by atoms with Crippen LogP contribution >= 0.6 is 0 Å². The normalized spacial score (nSPS) is 26.8. The van der Waals surface area contributed by atoms with E-state index in [0.717, 1.165) is 25.1 Å². The van der Waals surface area contributed by atoms with Crippen LogP contribution in [0.15, 0.2) is 37.2 Å². The van der Waals surface area contributed by atoms with Gasteiger partial charge < -0.3 is 9.64 Å². The predicted molar refractivity (Wildman–Crippen MR) is 80.3 cm³/mol. The summed E-state index contributed by atoms with van der Waals surface area (Å²) in [4.78, 5) is 30.6. The van der Waals surface area contributed by atoms with E-state index in [1.807, 2.05) is 11.0 Å². The van der Waals surface area contributed by atoms with Gasteiger partial charge in [0, 0.05) is 31.7 Å². The van der Waals surface area contributed by atoms with E-state index in [0.29, 0.717) is 18.2 Å². The third-order valence-electron chi connectivity index (χ3n) is 4.56. The number of likely N-dealkylation sites (tertiary alicyclic amines) is 1. The highest BCUT2D eigenvalue weighted by molar-refractivity contribution is 5.92. The average Bonchev–Trinajstić information content (AvgIpc) is 3.06. The fraction of sp³-hybridized carbons (Fsp3) is 0.438. The molecule has 2 fully saturated rings. The first-order chi connectivity index (χ1) is 11.3. The molecule has 7 heteroatoms. The first-order valence-corrected chi connectivity index (χ1v) is 7.78. The van der Waals surface area contributed by atoms with E-state index in [1.54, 1.807) is 18.7 Å². The molecule has 23 heavy (non-hydrogen) atoms. The minimum atomic E-state index is -0.0781. The van der Waals surface area contributed by atoms with Crippen molar-refractivity contribution in [3.63, 3.8) is 0 Å². The molecule has 0 aromatic carbocycles. The van der Waals surface area contributed by atoms with Crippen LogP contribution in [0, 0.1) is 5.92 Å². The molecular weight excluding hydrogens is 294 g/mol. The minimum Gasteiger partial charge on any atom is -0.367 e. The van der Waals surface area contributed by atoms with Gasteiger partial charge in [0.25, 0.3) is 5.91 Å². The standard InChI is InChI=1S/C16H17N5O2/c22-16(13-8-17-4-5-19-13)21-6-2-11-7-14(23-15(11)9-21)12-1-3-18-10-20-12/h1,3-5,8,10-11,14-15H,2,6-7,9H2/t11-,14+,15+/m1/s1. The van der Waals surface area contributed by atoms with Crippen molar-refractivity contribution in [2.24, 2.45) is 5.92 Å². The van der Waals surface area contributed by atoms with Crippen molar-refractivity contribution < 1.29 is 9.53 Å². The second-order valence-corrected chi connectivity index (χ2v) is 5.92. The number of amides is 1. The molecule has 2 saturated heterocycles. The third kappa shape index (κ3) is 2.79. The summed E-state index contributed by atoms with van der Waals surface area (Å²) in [5.41, 5.74) is 1.30. The molecule has 0 bridgehead atoms. The van der Waals surface area contributed by atoms with Gasteiger partial charge in [0.2, 0.25) is 0 Å². The molecule has 118 valence electrons. The molecule has 2 aromatic rings. The molecule has 4 rings (SSSR count). The van der Waals surface area contributed by atoms with Crippen LogP contribution in [0.2, 0.25) is 0 Å². The highest BCUT2D eigenvalue weighted by atomic mass is 16.5. The van der Waals surface area contributed by atoms with Crippen molar-refractivity contribution in [3.05, 3.63) is 48.6 Å². The molecule has 4 heterocycles. The van der Waals surface area contributed by atoms with Gasteiger partial charge in [-0.3, -0.25) is 9.78 Å². The Hall–Kier alpha value is -2.41. The second-order valence-electron chi connectivity index (χ2n) is 5.92. The second kappa shape index (κ2) is 6.00. The van der Waals surface area contributed by atoms with Gasteiger partial charge in [0.05, 0.1) is 18.0 Å². The smallest absolute Gasteiger partial charge is 0.274 e. The number of ether oxygens (including phenoxy) is 1. The Balaban J connectivity index is 1.45. The Morgan fingerprint density at radius 3 is 2.96 bits per heavy atom. The molecule has 3 atom stereocenters. The molecule has 7 nitrogen and oxygen atoms in total. The van der Waals surface area contributed by atoms with Crippen molar-refractivity contribution in [2.75, 3.05) is 13.1 Å². The molecular formula is C16H17N5O2. The summed E-state index contributed by atoms with van der Waals surface area (Å²) in [5.74, 6) is 0.395. The number of fused-ring (bicyclic) bond motifs is 1. The van der Waals surface area contributed by atoms with Gasteiger partial charge in [0.15, 0.2) is 0 Å². The topological polar surface area (TPSA) is 81.1 Å². The average molecular weight is 311 g/mol. The molecule has 2 aromatic heterocycles. The van der Waals surface area contributed by atoms with Crippen LogP contribution in [0.5, 0.6) is 0 Å². The highest BCUT2D eigenvalue weighted by Crippen LogP contribution is 2.40. The lowest BCUT2D eigenvalue weighted by Crippen LogP contribution is -2.45.